The molecular weight excluding hydrogens is 178 g/mol. The Kier molecular flexibility index (Phi) is 7.22. The first-order valence-electron chi connectivity index (χ1n) is 3.77. The highest BCUT2D eigenvalue weighted by molar-refractivity contribution is 8.13. The summed E-state index contributed by atoms with van der Waals surface area (Å²) in [6.07, 6.45) is 2.27. The average Bonchev–Trinajstić information content (AvgIpc) is 2.03. The Balaban J connectivity index is 3.36. The van der Waals surface area contributed by atoms with Gasteiger partial charge in [0.1, 0.15) is 6.04 Å². The van der Waals surface area contributed by atoms with Gasteiger partial charge in [-0.25, -0.2) is 0 Å². The molecule has 3 N–H and O–H groups in total. The number of carbonyl (C=O) groups excluding carboxylic acids is 1. The van der Waals surface area contributed by atoms with E-state index >= 15 is 0 Å². The molecule has 0 bridgehead atoms. The smallest absolute Gasteiger partial charge is 0.315 e. The summed E-state index contributed by atoms with van der Waals surface area (Å²) < 4.78 is 0. The molecule has 0 rings (SSSR count). The first-order valence-corrected chi connectivity index (χ1v) is 5.39. The fraction of sp³-hybridized carbons (Fsp3) is 0.857. The Morgan fingerprint density at radius 3 is 2.82 bits per heavy atom. The molecule has 4 heteroatoms. The zero-order chi connectivity index (χ0) is 8.69. The van der Waals surface area contributed by atoms with E-state index in [0.717, 1.165) is 18.6 Å². The average molecular weight is 194 g/mol. The van der Waals surface area contributed by atoms with Crippen molar-refractivity contribution in [2.24, 2.45) is 5.73 Å². The van der Waals surface area contributed by atoms with Gasteiger partial charge in [0.2, 0.25) is 0 Å². The molecule has 0 unspecified atom stereocenters. The number of rotatable bonds is 5. The summed E-state index contributed by atoms with van der Waals surface area (Å²) in [6.45, 7) is 2.12. The van der Waals surface area contributed by atoms with Crippen LogP contribution in [0.3, 0.4) is 0 Å². The minimum absolute atomic E-state index is 0.278. The van der Waals surface area contributed by atoms with Crippen LogP contribution < -0.4 is 5.73 Å². The Morgan fingerprint density at radius 1 is 1.73 bits per heavy atom. The third kappa shape index (κ3) is 5.58. The number of thiol groups is 1. The molecule has 2 nitrogen and oxygen atoms in total. The van der Waals surface area contributed by atoms with Gasteiger partial charge >= 0.3 is 5.12 Å². The number of hydrogen-bond acceptors (Lipinski definition) is 3. The summed E-state index contributed by atoms with van der Waals surface area (Å²) >= 11 is 5.41. The number of thioether (sulfide) groups is 1. The molecule has 0 aliphatic rings. The molecule has 0 spiro atoms. The minimum Gasteiger partial charge on any atom is -0.315 e. The Hall–Kier alpha value is 0.330. The van der Waals surface area contributed by atoms with Crippen molar-refractivity contribution in [3.8, 4) is 0 Å². The predicted octanol–water partition coefficient (Wildman–Crippen LogP) is 1.28. The van der Waals surface area contributed by atoms with E-state index in [1.165, 1.54) is 11.8 Å². The lowest BCUT2D eigenvalue weighted by atomic mass is 10.4. The number of nitrogens with two attached hydrogens (primary N) is 1. The van der Waals surface area contributed by atoms with Crippen molar-refractivity contribution in [1.29, 1.82) is 0 Å². The zero-order valence-electron chi connectivity index (χ0n) is 6.79. The molecule has 0 saturated heterocycles. The molecular formula is C7H16NOS2+. The van der Waals surface area contributed by atoms with Crippen LogP contribution in [0.1, 0.15) is 19.8 Å². The molecule has 0 aliphatic carbocycles. The number of unbranched alkanes of at least 4 members (excludes halogenated alkanes) is 1. The third-order valence-corrected chi connectivity index (χ3v) is 2.75. The van der Waals surface area contributed by atoms with Crippen molar-refractivity contribution in [2.75, 3.05) is 11.5 Å². The molecule has 0 heterocycles. The highest BCUT2D eigenvalue weighted by Gasteiger charge is 2.17. The predicted molar refractivity (Wildman–Crippen MR) is 56.1 cm³/mol. The fourth-order valence-electron chi connectivity index (χ4n) is 0.506. The second-order valence-electron chi connectivity index (χ2n) is 2.33. The van der Waals surface area contributed by atoms with E-state index in [9.17, 15) is 4.79 Å². The molecule has 0 aromatic carbocycles. The van der Waals surface area contributed by atoms with Gasteiger partial charge in [0.15, 0.2) is 0 Å². The molecule has 66 valence electrons. The van der Waals surface area contributed by atoms with Crippen molar-refractivity contribution in [3.63, 3.8) is 0 Å². The standard InChI is InChI=1S/C7H15NOS2/c1-2-3-4-11-7(9)6(8)5-10/h6,10H,2-5,8H2,1H3/p+1/t6-/m0/s1. The van der Waals surface area contributed by atoms with Gasteiger partial charge in [-0.05, 0) is 18.2 Å². The van der Waals surface area contributed by atoms with E-state index in [1.54, 1.807) is 0 Å². The van der Waals surface area contributed by atoms with Crippen molar-refractivity contribution >= 4 is 29.5 Å². The van der Waals surface area contributed by atoms with Crippen molar-refractivity contribution in [2.45, 2.75) is 25.8 Å². The lowest BCUT2D eigenvalue weighted by molar-refractivity contribution is 0.663. The summed E-state index contributed by atoms with van der Waals surface area (Å²) in [7, 11) is 0. The van der Waals surface area contributed by atoms with Crippen molar-refractivity contribution in [3.05, 3.63) is 0 Å². The molecule has 1 atom stereocenters. The molecule has 0 amide bonds. The van der Waals surface area contributed by atoms with Gasteiger partial charge in [-0.3, -0.25) is 4.79 Å². The first-order chi connectivity index (χ1) is 5.22. The molecule has 0 aromatic heterocycles. The molecule has 0 aromatic rings. The maximum Gasteiger partial charge on any atom is 0.368 e. The molecule has 0 saturated carbocycles. The van der Waals surface area contributed by atoms with Crippen LogP contribution in [0.5, 0.6) is 0 Å². The highest BCUT2D eigenvalue weighted by atomic mass is 32.2. The van der Waals surface area contributed by atoms with E-state index < -0.39 is 0 Å². The van der Waals surface area contributed by atoms with Gasteiger partial charge in [0.05, 0.1) is 0 Å². The summed E-state index contributed by atoms with van der Waals surface area (Å²) in [5.41, 5.74) is 5.51. The van der Waals surface area contributed by atoms with Gasteiger partial charge in [-0.2, -0.15) is 12.6 Å². The van der Waals surface area contributed by atoms with Gasteiger partial charge in [-0.1, -0.05) is 13.3 Å². The van der Waals surface area contributed by atoms with Gasteiger partial charge in [0, 0.05) is 11.5 Å². The van der Waals surface area contributed by atoms with Crippen LogP contribution in [0, 0.1) is 0 Å². The van der Waals surface area contributed by atoms with Crippen LogP contribution in [0.15, 0.2) is 0 Å². The van der Waals surface area contributed by atoms with Crippen molar-refractivity contribution < 1.29 is 4.79 Å². The fourth-order valence-corrected chi connectivity index (χ4v) is 1.74. The highest BCUT2D eigenvalue weighted by Crippen LogP contribution is 2.07. The van der Waals surface area contributed by atoms with Gasteiger partial charge < -0.3 is 5.73 Å². The van der Waals surface area contributed by atoms with Crippen LogP contribution in [0.4, 0.5) is 0 Å². The molecule has 11 heavy (non-hydrogen) atoms. The second-order valence-corrected chi connectivity index (χ2v) is 3.81. The van der Waals surface area contributed by atoms with Crippen LogP contribution in [-0.2, 0) is 0 Å². The summed E-state index contributed by atoms with van der Waals surface area (Å²) in [4.78, 5) is 9.25. The summed E-state index contributed by atoms with van der Waals surface area (Å²) in [5, 5.41) is 0.313. The largest absolute Gasteiger partial charge is 0.368 e. The van der Waals surface area contributed by atoms with E-state index in [4.69, 9.17) is 5.73 Å². The summed E-state index contributed by atoms with van der Waals surface area (Å²) in [6, 6.07) is -0.278. The monoisotopic (exact) mass is 194 g/mol. The zero-order valence-corrected chi connectivity index (χ0v) is 8.50. The van der Waals surface area contributed by atoms with Crippen LogP contribution in [-0.4, -0.2) is 27.5 Å². The Bertz CT molecular complexity index is 119. The van der Waals surface area contributed by atoms with Crippen molar-refractivity contribution in [1.82, 2.24) is 0 Å². The lowest BCUT2D eigenvalue weighted by Crippen LogP contribution is -2.30. The third-order valence-electron chi connectivity index (χ3n) is 1.26. The van der Waals surface area contributed by atoms with E-state index in [1.807, 2.05) is 0 Å². The quantitative estimate of drug-likeness (QED) is 0.393. The first kappa shape index (κ1) is 11.3. The Labute approximate surface area is 77.7 Å². The SMILES string of the molecule is CCCCSC(=[OH+])[C@@H](N)CS. The lowest BCUT2D eigenvalue weighted by Gasteiger charge is -1.99. The maximum atomic E-state index is 9.25. The molecule has 0 radical (unpaired) electrons. The second kappa shape index (κ2) is 7.00. The van der Waals surface area contributed by atoms with Gasteiger partial charge in [0.25, 0.3) is 0 Å². The molecule has 0 aliphatic heterocycles. The molecule has 0 fully saturated rings. The Morgan fingerprint density at radius 2 is 2.36 bits per heavy atom. The van der Waals surface area contributed by atoms with Crippen LogP contribution in [0.2, 0.25) is 0 Å². The number of hydrogen-bond donors (Lipinski definition) is 2. The van der Waals surface area contributed by atoms with Crippen LogP contribution in [0.25, 0.3) is 0 Å². The van der Waals surface area contributed by atoms with Gasteiger partial charge in [-0.15, -0.1) is 0 Å². The van der Waals surface area contributed by atoms with E-state index in [-0.39, 0.29) is 6.04 Å². The summed E-state index contributed by atoms with van der Waals surface area (Å²) in [5.74, 6) is 1.45. The van der Waals surface area contributed by atoms with Crippen LogP contribution >= 0.6 is 24.4 Å². The minimum atomic E-state index is -0.278. The van der Waals surface area contributed by atoms with E-state index in [0.29, 0.717) is 10.9 Å². The normalized spacial score (nSPS) is 13.0. The maximum absolute atomic E-state index is 9.25. The topological polar surface area (TPSA) is 47.4 Å². The van der Waals surface area contributed by atoms with E-state index in [2.05, 4.69) is 19.6 Å².